The van der Waals surface area contributed by atoms with E-state index in [1.165, 1.54) is 0 Å². The van der Waals surface area contributed by atoms with Crippen LogP contribution >= 0.6 is 0 Å². The van der Waals surface area contributed by atoms with Gasteiger partial charge in [0.2, 0.25) is 0 Å². The van der Waals surface area contributed by atoms with Crippen LogP contribution in [-0.2, 0) is 9.53 Å². The van der Waals surface area contributed by atoms with Crippen molar-refractivity contribution >= 4 is 5.97 Å². The third-order valence-electron chi connectivity index (χ3n) is 3.58. The van der Waals surface area contributed by atoms with E-state index in [4.69, 9.17) is 4.74 Å². The van der Waals surface area contributed by atoms with Gasteiger partial charge >= 0.3 is 5.97 Å². The van der Waals surface area contributed by atoms with Crippen molar-refractivity contribution in [1.29, 1.82) is 0 Å². The molecule has 0 fully saturated rings. The van der Waals surface area contributed by atoms with Crippen LogP contribution in [0, 0.1) is 11.8 Å². The van der Waals surface area contributed by atoms with Gasteiger partial charge in [0.25, 0.3) is 0 Å². The highest BCUT2D eigenvalue weighted by Gasteiger charge is 2.21. The predicted octanol–water partition coefficient (Wildman–Crippen LogP) is 2.21. The Morgan fingerprint density at radius 3 is 2.85 bits per heavy atom. The first-order chi connectivity index (χ1) is 9.54. The van der Waals surface area contributed by atoms with Crippen molar-refractivity contribution in [1.82, 2.24) is 0 Å². The SMILES string of the molecule is CC1=C[C@@H](C)[C@H](O)[C@@H](CO)C=CCCCCC(=O)OC1. The molecule has 0 saturated carbocycles. The molecule has 0 unspecified atom stereocenters. The van der Waals surface area contributed by atoms with Crippen molar-refractivity contribution < 1.29 is 19.7 Å². The summed E-state index contributed by atoms with van der Waals surface area (Å²) in [5.41, 5.74) is 0.919. The van der Waals surface area contributed by atoms with Gasteiger partial charge in [-0.3, -0.25) is 4.79 Å². The Kier molecular flexibility index (Phi) is 7.55. The lowest BCUT2D eigenvalue weighted by Crippen LogP contribution is -2.28. The van der Waals surface area contributed by atoms with E-state index in [9.17, 15) is 15.0 Å². The van der Waals surface area contributed by atoms with E-state index in [0.717, 1.165) is 24.8 Å². The molecule has 4 heteroatoms. The van der Waals surface area contributed by atoms with Gasteiger partial charge in [-0.15, -0.1) is 0 Å². The van der Waals surface area contributed by atoms with Crippen molar-refractivity contribution in [3.63, 3.8) is 0 Å². The zero-order valence-corrected chi connectivity index (χ0v) is 12.4. The van der Waals surface area contributed by atoms with Gasteiger partial charge in [0.05, 0.1) is 12.7 Å². The standard InChI is InChI=1S/C16H26O4/c1-12-9-13(2)16(19)14(10-17)7-5-3-4-6-8-15(18)20-11-12/h5,7,9,13-14,16-17,19H,3-4,6,8,10-11H2,1-2H3/t13-,14-,16+/m1/s1. The van der Waals surface area contributed by atoms with E-state index < -0.39 is 6.10 Å². The van der Waals surface area contributed by atoms with Gasteiger partial charge in [-0.2, -0.15) is 0 Å². The van der Waals surface area contributed by atoms with E-state index in [-0.39, 0.29) is 31.0 Å². The van der Waals surface area contributed by atoms with Crippen LogP contribution in [-0.4, -0.2) is 35.5 Å². The topological polar surface area (TPSA) is 66.8 Å². The van der Waals surface area contributed by atoms with Gasteiger partial charge in [-0.1, -0.05) is 25.2 Å². The van der Waals surface area contributed by atoms with Gasteiger partial charge in [-0.25, -0.2) is 0 Å². The number of allylic oxidation sites excluding steroid dienone is 1. The second kappa shape index (κ2) is 8.93. The summed E-state index contributed by atoms with van der Waals surface area (Å²) in [6.07, 6.45) is 8.13. The molecule has 0 radical (unpaired) electrons. The number of esters is 1. The van der Waals surface area contributed by atoms with E-state index in [1.54, 1.807) is 0 Å². The van der Waals surface area contributed by atoms with Crippen molar-refractivity contribution in [3.05, 3.63) is 23.8 Å². The van der Waals surface area contributed by atoms with Gasteiger partial charge < -0.3 is 14.9 Å². The van der Waals surface area contributed by atoms with E-state index >= 15 is 0 Å². The molecule has 1 aliphatic heterocycles. The normalized spacial score (nSPS) is 30.3. The number of ether oxygens (including phenoxy) is 1. The summed E-state index contributed by atoms with van der Waals surface area (Å²) in [7, 11) is 0. The average molecular weight is 282 g/mol. The Hall–Kier alpha value is -1.13. The predicted molar refractivity (Wildman–Crippen MR) is 78.1 cm³/mol. The fourth-order valence-electron chi connectivity index (χ4n) is 2.34. The zero-order valence-electron chi connectivity index (χ0n) is 12.4. The first-order valence-corrected chi connectivity index (χ1v) is 7.33. The van der Waals surface area contributed by atoms with Crippen LogP contribution in [0.2, 0.25) is 0 Å². The van der Waals surface area contributed by atoms with Gasteiger partial charge in [0.15, 0.2) is 0 Å². The van der Waals surface area contributed by atoms with Gasteiger partial charge in [0.1, 0.15) is 6.61 Å². The third-order valence-corrected chi connectivity index (χ3v) is 3.58. The molecular weight excluding hydrogens is 256 g/mol. The van der Waals surface area contributed by atoms with Crippen molar-refractivity contribution in [3.8, 4) is 0 Å². The minimum atomic E-state index is -0.634. The molecule has 20 heavy (non-hydrogen) atoms. The number of hydrogen-bond donors (Lipinski definition) is 2. The van der Waals surface area contributed by atoms with Crippen LogP contribution < -0.4 is 0 Å². The third kappa shape index (κ3) is 5.88. The van der Waals surface area contributed by atoms with Crippen LogP contribution in [0.25, 0.3) is 0 Å². The molecule has 3 atom stereocenters. The average Bonchev–Trinajstić information content (AvgIpc) is 2.43. The van der Waals surface area contributed by atoms with Crippen LogP contribution in [0.3, 0.4) is 0 Å². The first kappa shape index (κ1) is 16.9. The minimum Gasteiger partial charge on any atom is -0.461 e. The Bertz CT molecular complexity index is 359. The van der Waals surface area contributed by atoms with Gasteiger partial charge in [0, 0.05) is 18.3 Å². The molecule has 0 aromatic heterocycles. The zero-order chi connectivity index (χ0) is 15.0. The maximum Gasteiger partial charge on any atom is 0.306 e. The molecule has 1 aliphatic rings. The smallest absolute Gasteiger partial charge is 0.306 e. The Balaban J connectivity index is 2.78. The summed E-state index contributed by atoms with van der Waals surface area (Å²) >= 11 is 0. The van der Waals surface area contributed by atoms with Crippen molar-refractivity contribution in [2.45, 2.75) is 45.6 Å². The van der Waals surface area contributed by atoms with Crippen LogP contribution in [0.5, 0.6) is 0 Å². The number of rotatable bonds is 1. The fraction of sp³-hybridized carbons (Fsp3) is 0.688. The molecule has 1 rings (SSSR count). The maximum absolute atomic E-state index is 11.5. The van der Waals surface area contributed by atoms with Crippen LogP contribution in [0.1, 0.15) is 39.5 Å². The molecule has 4 nitrogen and oxygen atoms in total. The van der Waals surface area contributed by atoms with Gasteiger partial charge in [-0.05, 0) is 31.8 Å². The summed E-state index contributed by atoms with van der Waals surface area (Å²) in [6.45, 7) is 3.99. The van der Waals surface area contributed by atoms with E-state index in [0.29, 0.717) is 6.42 Å². The lowest BCUT2D eigenvalue weighted by molar-refractivity contribution is -0.142. The number of carbonyl (C=O) groups excluding carboxylic acids is 1. The fourth-order valence-corrected chi connectivity index (χ4v) is 2.34. The number of carbonyl (C=O) groups is 1. The molecule has 0 amide bonds. The molecule has 0 aliphatic carbocycles. The Labute approximate surface area is 121 Å². The molecule has 0 aromatic carbocycles. The second-order valence-corrected chi connectivity index (χ2v) is 5.54. The Morgan fingerprint density at radius 1 is 1.40 bits per heavy atom. The number of aliphatic hydroxyl groups excluding tert-OH is 2. The summed E-state index contributed by atoms with van der Waals surface area (Å²) in [5, 5.41) is 19.6. The highest BCUT2D eigenvalue weighted by Crippen LogP contribution is 2.18. The summed E-state index contributed by atoms with van der Waals surface area (Å²) in [4.78, 5) is 11.5. The monoisotopic (exact) mass is 282 g/mol. The van der Waals surface area contributed by atoms with Crippen molar-refractivity contribution in [2.75, 3.05) is 13.2 Å². The maximum atomic E-state index is 11.5. The van der Waals surface area contributed by atoms with Crippen molar-refractivity contribution in [2.24, 2.45) is 11.8 Å². The summed E-state index contributed by atoms with van der Waals surface area (Å²) in [5.74, 6) is -0.516. The van der Waals surface area contributed by atoms with Crippen LogP contribution in [0.4, 0.5) is 0 Å². The molecule has 1 heterocycles. The lowest BCUT2D eigenvalue weighted by Gasteiger charge is -2.23. The lowest BCUT2D eigenvalue weighted by atomic mass is 9.90. The molecule has 0 aromatic rings. The first-order valence-electron chi connectivity index (χ1n) is 7.33. The minimum absolute atomic E-state index is 0.0656. The number of hydrogen-bond acceptors (Lipinski definition) is 4. The second-order valence-electron chi connectivity index (χ2n) is 5.54. The molecular formula is C16H26O4. The highest BCUT2D eigenvalue weighted by molar-refractivity contribution is 5.69. The van der Waals surface area contributed by atoms with Crippen LogP contribution in [0.15, 0.2) is 23.8 Å². The summed E-state index contributed by atoms with van der Waals surface area (Å²) < 4.78 is 5.18. The highest BCUT2D eigenvalue weighted by atomic mass is 16.5. The molecule has 2 N–H and O–H groups in total. The molecule has 0 spiro atoms. The van der Waals surface area contributed by atoms with E-state index in [1.807, 2.05) is 32.1 Å². The molecule has 114 valence electrons. The number of cyclic esters (lactones) is 1. The molecule has 0 saturated heterocycles. The van der Waals surface area contributed by atoms with E-state index in [2.05, 4.69) is 0 Å². The Morgan fingerprint density at radius 2 is 2.15 bits per heavy atom. The molecule has 0 bridgehead atoms. The quantitative estimate of drug-likeness (QED) is 0.571. The largest absolute Gasteiger partial charge is 0.461 e. The summed E-state index contributed by atoms with van der Waals surface area (Å²) in [6, 6.07) is 0. The number of aliphatic hydroxyl groups is 2.